The average molecular weight is 387 g/mol. The van der Waals surface area contributed by atoms with Crippen molar-refractivity contribution in [3.8, 4) is 11.8 Å². The number of ether oxygens (including phenoxy) is 2. The first-order valence-corrected chi connectivity index (χ1v) is 9.52. The molecular formula is C21H26FN3O3. The van der Waals surface area contributed by atoms with E-state index in [2.05, 4.69) is 14.9 Å². The van der Waals surface area contributed by atoms with Crippen molar-refractivity contribution in [3.05, 3.63) is 48.3 Å². The molecule has 150 valence electrons. The van der Waals surface area contributed by atoms with Crippen molar-refractivity contribution in [2.75, 3.05) is 26.2 Å². The molecule has 0 N–H and O–H groups in total. The number of carbonyl (C=O) groups excluding carboxylic acids is 1. The van der Waals surface area contributed by atoms with Crippen LogP contribution in [-0.4, -0.2) is 52.7 Å². The van der Waals surface area contributed by atoms with E-state index in [0.717, 1.165) is 25.9 Å². The molecule has 0 radical (unpaired) electrons. The molecular weight excluding hydrogens is 361 g/mol. The topological polar surface area (TPSA) is 64.6 Å². The third-order valence-electron chi connectivity index (χ3n) is 4.59. The van der Waals surface area contributed by atoms with Crippen molar-refractivity contribution in [2.45, 2.75) is 32.4 Å². The van der Waals surface area contributed by atoms with Gasteiger partial charge in [-0.05, 0) is 57.8 Å². The predicted octanol–water partition coefficient (Wildman–Crippen LogP) is 3.53. The van der Waals surface area contributed by atoms with Gasteiger partial charge in [0.1, 0.15) is 5.67 Å². The molecule has 2 aromatic rings. The van der Waals surface area contributed by atoms with Gasteiger partial charge in [0.05, 0.1) is 24.6 Å². The molecule has 7 heteroatoms. The molecule has 1 aliphatic rings. The maximum Gasteiger partial charge on any atom is 0.345 e. The number of carbonyl (C=O) groups is 1. The lowest BCUT2D eigenvalue weighted by Crippen LogP contribution is -2.41. The first kappa shape index (κ1) is 20.2. The quantitative estimate of drug-likeness (QED) is 0.677. The summed E-state index contributed by atoms with van der Waals surface area (Å²) in [5.74, 6) is 0.457. The number of rotatable bonds is 7. The Morgan fingerprint density at radius 3 is 2.43 bits per heavy atom. The van der Waals surface area contributed by atoms with Crippen LogP contribution in [0.3, 0.4) is 0 Å². The van der Waals surface area contributed by atoms with Crippen molar-refractivity contribution in [1.29, 1.82) is 0 Å². The zero-order valence-electron chi connectivity index (χ0n) is 16.3. The van der Waals surface area contributed by atoms with Gasteiger partial charge in [-0.15, -0.1) is 0 Å². The molecule has 3 rings (SSSR count). The van der Waals surface area contributed by atoms with E-state index >= 15 is 0 Å². The van der Waals surface area contributed by atoms with E-state index in [-0.39, 0.29) is 6.01 Å². The Bertz CT molecular complexity index is 755. The van der Waals surface area contributed by atoms with E-state index in [1.807, 2.05) is 6.07 Å². The highest BCUT2D eigenvalue weighted by atomic mass is 19.1. The molecule has 1 aliphatic heterocycles. The predicted molar refractivity (Wildman–Crippen MR) is 103 cm³/mol. The van der Waals surface area contributed by atoms with Crippen molar-refractivity contribution in [1.82, 2.24) is 14.9 Å². The maximum atomic E-state index is 13.7. The molecule has 1 fully saturated rings. The molecule has 0 unspecified atom stereocenters. The van der Waals surface area contributed by atoms with E-state index in [1.165, 1.54) is 12.4 Å². The van der Waals surface area contributed by atoms with Crippen molar-refractivity contribution in [2.24, 2.45) is 5.92 Å². The number of halogens is 1. The highest BCUT2D eigenvalue weighted by Crippen LogP contribution is 2.21. The SMILES string of the molecule is CC(C)(F)CN1CCC(COc2cnc(OC(=O)c3ccccc3)nc2)CC1. The van der Waals surface area contributed by atoms with Gasteiger partial charge in [0.25, 0.3) is 0 Å². The van der Waals surface area contributed by atoms with E-state index in [1.54, 1.807) is 38.1 Å². The molecule has 0 spiro atoms. The number of nitrogens with zero attached hydrogens (tertiary/aromatic N) is 3. The first-order chi connectivity index (χ1) is 13.4. The minimum absolute atomic E-state index is 0.0108. The van der Waals surface area contributed by atoms with Gasteiger partial charge in [-0.2, -0.15) is 9.97 Å². The fourth-order valence-electron chi connectivity index (χ4n) is 3.20. The summed E-state index contributed by atoms with van der Waals surface area (Å²) in [6.45, 7) is 6.03. The van der Waals surface area contributed by atoms with Crippen LogP contribution in [0, 0.1) is 5.92 Å². The number of hydrogen-bond donors (Lipinski definition) is 0. The molecule has 0 saturated carbocycles. The van der Waals surface area contributed by atoms with Crippen LogP contribution in [0.4, 0.5) is 4.39 Å². The Morgan fingerprint density at radius 2 is 1.82 bits per heavy atom. The molecule has 1 saturated heterocycles. The van der Waals surface area contributed by atoms with Crippen LogP contribution in [0.5, 0.6) is 11.8 Å². The summed E-state index contributed by atoms with van der Waals surface area (Å²) in [5, 5.41) is 0. The molecule has 1 aromatic carbocycles. The van der Waals surface area contributed by atoms with Crippen molar-refractivity contribution < 1.29 is 18.7 Å². The van der Waals surface area contributed by atoms with Gasteiger partial charge in [-0.1, -0.05) is 18.2 Å². The summed E-state index contributed by atoms with van der Waals surface area (Å²) in [6, 6.07) is 8.67. The highest BCUT2D eigenvalue weighted by Gasteiger charge is 2.25. The Labute approximate surface area is 164 Å². The number of aromatic nitrogens is 2. The summed E-state index contributed by atoms with van der Waals surface area (Å²) in [6.07, 6.45) is 4.95. The zero-order chi connectivity index (χ0) is 20.0. The lowest BCUT2D eigenvalue weighted by molar-refractivity contribution is 0.0717. The molecule has 0 bridgehead atoms. The van der Waals surface area contributed by atoms with Gasteiger partial charge in [0.2, 0.25) is 0 Å². The molecule has 0 aliphatic carbocycles. The van der Waals surface area contributed by atoms with Crippen LogP contribution in [-0.2, 0) is 0 Å². The van der Waals surface area contributed by atoms with Crippen molar-refractivity contribution in [3.63, 3.8) is 0 Å². The van der Waals surface area contributed by atoms with E-state index in [4.69, 9.17) is 9.47 Å². The van der Waals surface area contributed by atoms with Gasteiger partial charge in [-0.25, -0.2) is 9.18 Å². The second kappa shape index (κ2) is 9.10. The van der Waals surface area contributed by atoms with E-state index < -0.39 is 11.6 Å². The number of esters is 1. The Morgan fingerprint density at radius 1 is 1.18 bits per heavy atom. The fourth-order valence-corrected chi connectivity index (χ4v) is 3.20. The number of benzene rings is 1. The van der Waals surface area contributed by atoms with Crippen molar-refractivity contribution >= 4 is 5.97 Å². The smallest absolute Gasteiger partial charge is 0.345 e. The molecule has 0 amide bonds. The number of likely N-dealkylation sites (tertiary alicyclic amines) is 1. The minimum atomic E-state index is -1.16. The molecule has 0 atom stereocenters. The summed E-state index contributed by atoms with van der Waals surface area (Å²) in [7, 11) is 0. The van der Waals surface area contributed by atoms with Crippen LogP contribution in [0.15, 0.2) is 42.7 Å². The maximum absolute atomic E-state index is 13.7. The Kier molecular flexibility index (Phi) is 6.57. The van der Waals surface area contributed by atoms with Gasteiger partial charge in [0, 0.05) is 6.54 Å². The number of hydrogen-bond acceptors (Lipinski definition) is 6. The Balaban J connectivity index is 1.42. The lowest BCUT2D eigenvalue weighted by atomic mass is 9.97. The second-order valence-corrected chi connectivity index (χ2v) is 7.71. The zero-order valence-corrected chi connectivity index (χ0v) is 16.3. The van der Waals surface area contributed by atoms with Crippen LogP contribution in [0.1, 0.15) is 37.0 Å². The molecule has 1 aromatic heterocycles. The third-order valence-corrected chi connectivity index (χ3v) is 4.59. The van der Waals surface area contributed by atoms with Gasteiger partial charge < -0.3 is 14.4 Å². The summed E-state index contributed by atoms with van der Waals surface area (Å²) in [5.41, 5.74) is -0.722. The molecule has 2 heterocycles. The third kappa shape index (κ3) is 6.27. The summed E-state index contributed by atoms with van der Waals surface area (Å²) in [4.78, 5) is 22.2. The standard InChI is InChI=1S/C21H26FN3O3/c1-21(2,22)15-25-10-8-16(9-11-25)14-27-18-12-23-20(24-13-18)28-19(26)17-6-4-3-5-7-17/h3-7,12-13,16H,8-11,14-15H2,1-2H3. The van der Waals surface area contributed by atoms with Crippen LogP contribution in [0.25, 0.3) is 0 Å². The highest BCUT2D eigenvalue weighted by molar-refractivity contribution is 5.90. The fraction of sp³-hybridized carbons (Fsp3) is 0.476. The number of alkyl halides is 1. The normalized spacial score (nSPS) is 16.0. The molecule has 28 heavy (non-hydrogen) atoms. The van der Waals surface area contributed by atoms with Crippen LogP contribution in [0.2, 0.25) is 0 Å². The molecule has 6 nitrogen and oxygen atoms in total. The van der Waals surface area contributed by atoms with Gasteiger partial charge in [-0.3, -0.25) is 0 Å². The van der Waals surface area contributed by atoms with Gasteiger partial charge in [0.15, 0.2) is 5.75 Å². The largest absolute Gasteiger partial charge is 0.490 e. The minimum Gasteiger partial charge on any atom is -0.490 e. The lowest BCUT2D eigenvalue weighted by Gasteiger charge is -2.34. The van der Waals surface area contributed by atoms with Gasteiger partial charge >= 0.3 is 12.0 Å². The van der Waals surface area contributed by atoms with E-state index in [9.17, 15) is 9.18 Å². The second-order valence-electron chi connectivity index (χ2n) is 7.71. The summed E-state index contributed by atoms with van der Waals surface area (Å²) >= 11 is 0. The van der Waals surface area contributed by atoms with E-state index in [0.29, 0.717) is 30.4 Å². The number of piperidine rings is 1. The average Bonchev–Trinajstić information content (AvgIpc) is 2.68. The summed E-state index contributed by atoms with van der Waals surface area (Å²) < 4.78 is 24.7. The Hall–Kier alpha value is -2.54. The monoisotopic (exact) mass is 387 g/mol. The first-order valence-electron chi connectivity index (χ1n) is 9.52. The van der Waals surface area contributed by atoms with Crippen LogP contribution >= 0.6 is 0 Å². The van der Waals surface area contributed by atoms with Crippen LogP contribution < -0.4 is 9.47 Å².